The lowest BCUT2D eigenvalue weighted by Crippen LogP contribution is -2.50. The molecule has 1 aliphatic heterocycles. The predicted octanol–water partition coefficient (Wildman–Crippen LogP) is 2.68. The van der Waals surface area contributed by atoms with Crippen molar-refractivity contribution in [1.82, 2.24) is 4.90 Å². The number of hydrogen-bond acceptors (Lipinski definition) is 4. The van der Waals surface area contributed by atoms with E-state index in [-0.39, 0.29) is 22.4 Å². The maximum atomic E-state index is 12.4. The molecule has 0 unspecified atom stereocenters. The van der Waals surface area contributed by atoms with Gasteiger partial charge in [-0.25, -0.2) is 0 Å². The molecule has 120 valence electrons. The van der Waals surface area contributed by atoms with Crippen molar-refractivity contribution in [3.8, 4) is 0 Å². The van der Waals surface area contributed by atoms with E-state index in [2.05, 4.69) is 0 Å². The van der Waals surface area contributed by atoms with Crippen LogP contribution in [0.15, 0.2) is 24.3 Å². The average Bonchev–Trinajstić information content (AvgIpc) is 2.56. The van der Waals surface area contributed by atoms with E-state index in [9.17, 15) is 14.9 Å². The molecule has 1 aromatic rings. The molecule has 0 aliphatic carbocycles. The van der Waals surface area contributed by atoms with Crippen LogP contribution in [0.1, 0.15) is 26.7 Å². The third-order valence-corrected chi connectivity index (χ3v) is 4.35. The van der Waals surface area contributed by atoms with E-state index in [0.29, 0.717) is 31.9 Å². The fourth-order valence-corrected chi connectivity index (χ4v) is 2.95. The first kappa shape index (κ1) is 16.3. The molecule has 6 nitrogen and oxygen atoms in total. The summed E-state index contributed by atoms with van der Waals surface area (Å²) in [5.74, 6) is 0.310. The van der Waals surface area contributed by atoms with Crippen molar-refractivity contribution >= 4 is 17.3 Å². The molecule has 6 heteroatoms. The Kier molecular flexibility index (Phi) is 5.35. The van der Waals surface area contributed by atoms with E-state index in [4.69, 9.17) is 0 Å². The number of hydrogen-bond donors (Lipinski definition) is 0. The summed E-state index contributed by atoms with van der Waals surface area (Å²) in [7, 11) is 0. The van der Waals surface area contributed by atoms with Crippen molar-refractivity contribution in [1.29, 1.82) is 0 Å². The first-order valence-corrected chi connectivity index (χ1v) is 7.85. The zero-order valence-electron chi connectivity index (χ0n) is 13.2. The number of amides is 1. The highest BCUT2D eigenvalue weighted by Gasteiger charge is 2.27. The molecule has 1 aromatic carbocycles. The normalized spacial score (nSPS) is 15.2. The molecule has 22 heavy (non-hydrogen) atoms. The Morgan fingerprint density at radius 3 is 2.32 bits per heavy atom. The van der Waals surface area contributed by atoms with E-state index in [0.717, 1.165) is 12.8 Å². The van der Waals surface area contributed by atoms with E-state index < -0.39 is 0 Å². The van der Waals surface area contributed by atoms with Gasteiger partial charge in [-0.15, -0.1) is 0 Å². The Balaban J connectivity index is 2.04. The number of carbonyl (C=O) groups excluding carboxylic acids is 1. The third kappa shape index (κ3) is 3.37. The number of anilines is 1. The Morgan fingerprint density at radius 1 is 1.18 bits per heavy atom. The zero-order chi connectivity index (χ0) is 16.1. The van der Waals surface area contributed by atoms with Crippen LogP contribution >= 0.6 is 0 Å². The highest BCUT2D eigenvalue weighted by atomic mass is 16.6. The van der Waals surface area contributed by atoms with Crippen molar-refractivity contribution in [2.75, 3.05) is 31.1 Å². The summed E-state index contributed by atoms with van der Waals surface area (Å²) in [4.78, 5) is 27.0. The molecule has 1 fully saturated rings. The maximum Gasteiger partial charge on any atom is 0.292 e. The molecule has 1 aliphatic rings. The van der Waals surface area contributed by atoms with Gasteiger partial charge in [0.2, 0.25) is 5.91 Å². The van der Waals surface area contributed by atoms with E-state index >= 15 is 0 Å². The lowest BCUT2D eigenvalue weighted by molar-refractivity contribution is -0.384. The van der Waals surface area contributed by atoms with Gasteiger partial charge in [-0.3, -0.25) is 14.9 Å². The molecule has 0 aromatic heterocycles. The van der Waals surface area contributed by atoms with Gasteiger partial charge in [-0.2, -0.15) is 0 Å². The van der Waals surface area contributed by atoms with Gasteiger partial charge in [-0.05, 0) is 18.9 Å². The molecule has 0 radical (unpaired) electrons. The first-order valence-electron chi connectivity index (χ1n) is 7.85. The predicted molar refractivity (Wildman–Crippen MR) is 86.0 cm³/mol. The van der Waals surface area contributed by atoms with Gasteiger partial charge in [0.1, 0.15) is 5.69 Å². The van der Waals surface area contributed by atoms with E-state index in [1.54, 1.807) is 12.1 Å². The maximum absolute atomic E-state index is 12.4. The molecule has 0 atom stereocenters. The second-order valence-corrected chi connectivity index (χ2v) is 5.57. The molecule has 0 bridgehead atoms. The van der Waals surface area contributed by atoms with Gasteiger partial charge < -0.3 is 9.80 Å². The number of nitrogens with zero attached hydrogens (tertiary/aromatic N) is 3. The molecule has 1 saturated heterocycles. The summed E-state index contributed by atoms with van der Waals surface area (Å²) in [5, 5.41) is 11.1. The second-order valence-electron chi connectivity index (χ2n) is 5.57. The number of nitro groups is 1. The molecule has 2 rings (SSSR count). The molecule has 0 spiro atoms. The van der Waals surface area contributed by atoms with Crippen molar-refractivity contribution in [3.63, 3.8) is 0 Å². The van der Waals surface area contributed by atoms with Crippen molar-refractivity contribution in [2.45, 2.75) is 26.7 Å². The summed E-state index contributed by atoms with van der Waals surface area (Å²) in [6.45, 7) is 6.60. The molecule has 0 N–H and O–H groups in total. The van der Waals surface area contributed by atoms with Crippen LogP contribution < -0.4 is 4.90 Å². The summed E-state index contributed by atoms with van der Waals surface area (Å²) in [6.07, 6.45) is 1.72. The fraction of sp³-hybridized carbons (Fsp3) is 0.562. The highest BCUT2D eigenvalue weighted by Crippen LogP contribution is 2.28. The van der Waals surface area contributed by atoms with Crippen molar-refractivity contribution < 1.29 is 9.72 Å². The summed E-state index contributed by atoms with van der Waals surface area (Å²) < 4.78 is 0. The SMILES string of the molecule is CCC(CC)C(=O)N1CCN(c2ccccc2[N+](=O)[O-])CC1. The van der Waals surface area contributed by atoms with E-state index in [1.165, 1.54) is 6.07 Å². The second kappa shape index (κ2) is 7.24. The van der Waals surface area contributed by atoms with Gasteiger partial charge >= 0.3 is 0 Å². The molecular weight excluding hydrogens is 282 g/mol. The third-order valence-electron chi connectivity index (χ3n) is 4.35. The summed E-state index contributed by atoms with van der Waals surface area (Å²) in [6, 6.07) is 6.78. The Morgan fingerprint density at radius 2 is 1.77 bits per heavy atom. The monoisotopic (exact) mass is 305 g/mol. The smallest absolute Gasteiger partial charge is 0.292 e. The molecule has 0 saturated carbocycles. The summed E-state index contributed by atoms with van der Waals surface area (Å²) >= 11 is 0. The van der Waals surface area contributed by atoms with Gasteiger partial charge in [-0.1, -0.05) is 26.0 Å². The number of benzene rings is 1. The van der Waals surface area contributed by atoms with Gasteiger partial charge in [0, 0.05) is 38.2 Å². The minimum Gasteiger partial charge on any atom is -0.362 e. The van der Waals surface area contributed by atoms with Crippen molar-refractivity contribution in [3.05, 3.63) is 34.4 Å². The van der Waals surface area contributed by atoms with Gasteiger partial charge in [0.05, 0.1) is 4.92 Å². The van der Waals surface area contributed by atoms with Crippen LogP contribution in [-0.4, -0.2) is 41.9 Å². The number of nitro benzene ring substituents is 1. The van der Waals surface area contributed by atoms with Crippen LogP contribution in [0.2, 0.25) is 0 Å². The Bertz CT molecular complexity index is 535. The Labute approximate surface area is 130 Å². The Hall–Kier alpha value is -2.11. The quantitative estimate of drug-likeness (QED) is 0.619. The lowest BCUT2D eigenvalue weighted by Gasteiger charge is -2.37. The first-order chi connectivity index (χ1) is 10.6. The number of piperazine rings is 1. The van der Waals surface area contributed by atoms with Crippen LogP contribution in [0.4, 0.5) is 11.4 Å². The largest absolute Gasteiger partial charge is 0.362 e. The number of rotatable bonds is 5. The minimum atomic E-state index is -0.350. The number of carbonyl (C=O) groups is 1. The molecular formula is C16H23N3O3. The fourth-order valence-electron chi connectivity index (χ4n) is 2.95. The van der Waals surface area contributed by atoms with Crippen LogP contribution in [0, 0.1) is 16.0 Å². The number of para-hydroxylation sites is 2. The zero-order valence-corrected chi connectivity index (χ0v) is 13.2. The van der Waals surface area contributed by atoms with Gasteiger partial charge in [0.25, 0.3) is 5.69 Å². The lowest BCUT2D eigenvalue weighted by atomic mass is 10.0. The topological polar surface area (TPSA) is 66.7 Å². The van der Waals surface area contributed by atoms with Crippen molar-refractivity contribution in [2.24, 2.45) is 5.92 Å². The summed E-state index contributed by atoms with van der Waals surface area (Å²) in [5.41, 5.74) is 0.768. The molecule has 1 amide bonds. The van der Waals surface area contributed by atoms with E-state index in [1.807, 2.05) is 29.7 Å². The van der Waals surface area contributed by atoms with Crippen LogP contribution in [0.25, 0.3) is 0 Å². The standard InChI is InChI=1S/C16H23N3O3/c1-3-13(4-2)16(20)18-11-9-17(10-12-18)14-7-5-6-8-15(14)19(21)22/h5-8,13H,3-4,9-12H2,1-2H3. The van der Waals surface area contributed by atoms with Crippen LogP contribution in [0.5, 0.6) is 0 Å². The minimum absolute atomic E-state index is 0.0950. The van der Waals surface area contributed by atoms with Crippen LogP contribution in [0.3, 0.4) is 0 Å². The van der Waals surface area contributed by atoms with Gasteiger partial charge in [0.15, 0.2) is 0 Å². The van der Waals surface area contributed by atoms with Crippen LogP contribution in [-0.2, 0) is 4.79 Å². The highest BCUT2D eigenvalue weighted by molar-refractivity contribution is 5.79. The molecule has 1 heterocycles. The average molecular weight is 305 g/mol.